The fourth-order valence-electron chi connectivity index (χ4n) is 9.20. The van der Waals surface area contributed by atoms with E-state index in [1.807, 2.05) is 0 Å². The smallest absolute Gasteiger partial charge is 0.309 e. The molecule has 0 bridgehead atoms. The van der Waals surface area contributed by atoms with Crippen LogP contribution >= 0.6 is 0 Å². The van der Waals surface area contributed by atoms with Crippen molar-refractivity contribution in [1.29, 1.82) is 0 Å². The van der Waals surface area contributed by atoms with E-state index >= 15 is 0 Å². The second-order valence-corrected chi connectivity index (χ2v) is 17.9. The van der Waals surface area contributed by atoms with Crippen LogP contribution in [0.4, 0.5) is 79.0 Å². The lowest BCUT2D eigenvalue weighted by atomic mass is 9.94. The average molecular weight is 1110 g/mol. The van der Waals surface area contributed by atoms with Gasteiger partial charge >= 0.3 is 37.1 Å². The van der Waals surface area contributed by atoms with E-state index < -0.39 is 87.1 Å². The molecule has 0 aliphatic carbocycles. The van der Waals surface area contributed by atoms with Crippen molar-refractivity contribution in [2.45, 2.75) is 37.1 Å². The summed E-state index contributed by atoms with van der Waals surface area (Å²) in [5.74, 6) is -0.341. The molecule has 0 N–H and O–H groups in total. The van der Waals surface area contributed by atoms with Crippen molar-refractivity contribution >= 4 is 21.8 Å². The average Bonchev–Trinajstić information content (AvgIpc) is 3.93. The fourth-order valence-corrected chi connectivity index (χ4v) is 9.20. The lowest BCUT2D eigenvalue weighted by molar-refractivity contribution is -0.144. The first kappa shape index (κ1) is 53.7. The lowest BCUT2D eigenvalue weighted by Crippen LogP contribution is -2.12. The summed E-state index contributed by atoms with van der Waals surface area (Å²) < 4.78 is 259. The fraction of sp³-hybridized carbons (Fsp3) is 0.105. The van der Waals surface area contributed by atoms with Crippen LogP contribution in [0.3, 0.4) is 0 Å². The highest BCUT2D eigenvalue weighted by Gasteiger charge is 2.41. The number of hydrogen-bond acceptors (Lipinski definition) is 3. The van der Waals surface area contributed by atoms with Gasteiger partial charge in [-0.3, -0.25) is 0 Å². The highest BCUT2D eigenvalue weighted by Crippen LogP contribution is 2.47. The van der Waals surface area contributed by atoms with Gasteiger partial charge in [-0.2, -0.15) is 79.0 Å². The summed E-state index contributed by atoms with van der Waals surface area (Å²) >= 11 is 0. The minimum atomic E-state index is -5.39. The standard InChI is InChI=1S/C57H28F18N4/c58-52(59,60)34-13-16-40(45(26-34)56(70,71)72)31-11-19-47-42(23-31)43-24-32(41-17-14-35(53(61,62)63)27-46(41)57(73,74)75)12-20-48(43)79(47)38-15-18-39(33-21-36(54(64,65)66)25-37(22-33)55(67,68)69)44(28-38)51-77-49(29-7-3-1-4-8-29)76-50(78-51)30-9-5-2-6-10-30/h1-28H. The van der Waals surface area contributed by atoms with Gasteiger partial charge in [0, 0.05) is 33.2 Å². The van der Waals surface area contributed by atoms with Crippen LogP contribution in [0.5, 0.6) is 0 Å². The largest absolute Gasteiger partial charge is 0.417 e. The molecule has 0 saturated carbocycles. The van der Waals surface area contributed by atoms with Crippen LogP contribution in [-0.2, 0) is 37.1 Å². The molecule has 22 heteroatoms. The molecule has 402 valence electrons. The molecule has 8 aromatic carbocycles. The molecule has 10 aromatic rings. The van der Waals surface area contributed by atoms with Crippen LogP contribution in [0.1, 0.15) is 33.4 Å². The number of hydrogen-bond donors (Lipinski definition) is 0. The van der Waals surface area contributed by atoms with Gasteiger partial charge in [-0.05, 0) is 112 Å². The first-order valence-electron chi connectivity index (χ1n) is 22.9. The van der Waals surface area contributed by atoms with Crippen molar-refractivity contribution in [2.24, 2.45) is 0 Å². The SMILES string of the molecule is FC(F)(F)c1cc(-c2ccc(-n3c4ccc(-c5ccc(C(F)(F)F)cc5C(F)(F)F)cc4c4cc(-c5ccc(C(F)(F)F)cc5C(F)(F)F)ccc43)cc2-c2nc(-c3ccccc3)nc(-c3ccccc3)n2)cc(C(F)(F)F)c1. The highest BCUT2D eigenvalue weighted by atomic mass is 19.4. The van der Waals surface area contributed by atoms with Crippen LogP contribution in [0, 0.1) is 0 Å². The van der Waals surface area contributed by atoms with Gasteiger partial charge in [0.1, 0.15) is 0 Å². The zero-order valence-corrected chi connectivity index (χ0v) is 39.3. The molecule has 2 aromatic heterocycles. The van der Waals surface area contributed by atoms with Crippen LogP contribution in [-0.4, -0.2) is 19.5 Å². The molecule has 0 atom stereocenters. The summed E-state index contributed by atoms with van der Waals surface area (Å²) in [6.45, 7) is 0. The monoisotopic (exact) mass is 1110 g/mol. The Kier molecular flexibility index (Phi) is 12.9. The number of fused-ring (bicyclic) bond motifs is 3. The van der Waals surface area contributed by atoms with Crippen molar-refractivity contribution in [3.63, 3.8) is 0 Å². The van der Waals surface area contributed by atoms with Crippen LogP contribution in [0.25, 0.3) is 95.0 Å². The Morgan fingerprint density at radius 1 is 0.266 bits per heavy atom. The Morgan fingerprint density at radius 3 is 1.05 bits per heavy atom. The van der Waals surface area contributed by atoms with Gasteiger partial charge < -0.3 is 4.57 Å². The van der Waals surface area contributed by atoms with E-state index in [1.165, 1.54) is 28.8 Å². The molecule has 4 nitrogen and oxygen atoms in total. The Labute approximate surface area is 432 Å². The van der Waals surface area contributed by atoms with E-state index in [0.29, 0.717) is 47.5 Å². The molecule has 0 saturated heterocycles. The van der Waals surface area contributed by atoms with E-state index in [2.05, 4.69) is 15.0 Å². The molecule has 0 unspecified atom stereocenters. The molecule has 0 amide bonds. The Bertz CT molecular complexity index is 3760. The molecule has 0 spiro atoms. The van der Waals surface area contributed by atoms with Crippen molar-refractivity contribution in [3.05, 3.63) is 203 Å². The first-order chi connectivity index (χ1) is 36.9. The van der Waals surface area contributed by atoms with Gasteiger partial charge in [0.25, 0.3) is 0 Å². The zero-order chi connectivity index (χ0) is 56.8. The van der Waals surface area contributed by atoms with Gasteiger partial charge in [0.05, 0.1) is 44.4 Å². The van der Waals surface area contributed by atoms with Gasteiger partial charge in [-0.25, -0.2) is 15.0 Å². The summed E-state index contributed by atoms with van der Waals surface area (Å²) in [4.78, 5) is 13.9. The molecular weight excluding hydrogens is 1080 g/mol. The molecule has 0 aliphatic rings. The van der Waals surface area contributed by atoms with Gasteiger partial charge in [-0.1, -0.05) is 91.0 Å². The number of alkyl halides is 18. The zero-order valence-electron chi connectivity index (χ0n) is 39.3. The van der Waals surface area contributed by atoms with E-state index in [9.17, 15) is 79.0 Å². The normalized spacial score (nSPS) is 12.9. The minimum absolute atomic E-state index is 0.00237. The predicted molar refractivity (Wildman–Crippen MR) is 257 cm³/mol. The summed E-state index contributed by atoms with van der Waals surface area (Å²) in [5, 5.41) is -0.196. The number of benzene rings is 8. The molecule has 10 rings (SSSR count). The van der Waals surface area contributed by atoms with Crippen LogP contribution in [0.2, 0.25) is 0 Å². The topological polar surface area (TPSA) is 43.6 Å². The van der Waals surface area contributed by atoms with Crippen molar-refractivity contribution in [2.75, 3.05) is 0 Å². The van der Waals surface area contributed by atoms with Gasteiger partial charge in [-0.15, -0.1) is 0 Å². The second-order valence-electron chi connectivity index (χ2n) is 17.9. The Hall–Kier alpha value is -8.69. The minimum Gasteiger partial charge on any atom is -0.309 e. The third-order valence-corrected chi connectivity index (χ3v) is 12.8. The maximum atomic E-state index is 14.6. The maximum absolute atomic E-state index is 14.6. The van der Waals surface area contributed by atoms with E-state index in [4.69, 9.17) is 0 Å². The molecule has 2 heterocycles. The number of halogens is 18. The summed E-state index contributed by atoms with van der Waals surface area (Å²) in [6.07, 6.45) is -31.8. The summed E-state index contributed by atoms with van der Waals surface area (Å²) in [5.41, 5.74) is -12.8. The van der Waals surface area contributed by atoms with Gasteiger partial charge in [0.2, 0.25) is 0 Å². The quantitative estimate of drug-likeness (QED) is 0.149. The van der Waals surface area contributed by atoms with E-state index in [1.54, 1.807) is 60.7 Å². The van der Waals surface area contributed by atoms with Crippen molar-refractivity contribution < 1.29 is 79.0 Å². The summed E-state index contributed by atoms with van der Waals surface area (Å²) in [7, 11) is 0. The molecule has 79 heavy (non-hydrogen) atoms. The third-order valence-electron chi connectivity index (χ3n) is 12.8. The Morgan fingerprint density at radius 2 is 0.658 bits per heavy atom. The number of aromatic nitrogens is 4. The molecule has 0 aliphatic heterocycles. The van der Waals surface area contributed by atoms with Crippen LogP contribution in [0.15, 0.2) is 170 Å². The van der Waals surface area contributed by atoms with Crippen molar-refractivity contribution in [1.82, 2.24) is 19.5 Å². The number of nitrogens with zero attached hydrogens (tertiary/aromatic N) is 4. The molecular formula is C57H28F18N4. The van der Waals surface area contributed by atoms with Crippen molar-refractivity contribution in [3.8, 4) is 73.2 Å². The number of rotatable bonds is 7. The highest BCUT2D eigenvalue weighted by molar-refractivity contribution is 6.12. The third kappa shape index (κ3) is 10.6. The molecule has 0 fully saturated rings. The van der Waals surface area contributed by atoms with Crippen LogP contribution < -0.4 is 0 Å². The first-order valence-corrected chi connectivity index (χ1v) is 22.9. The predicted octanol–water partition coefficient (Wildman–Crippen LogP) is 19.1. The maximum Gasteiger partial charge on any atom is 0.417 e. The Balaban J connectivity index is 1.30. The molecule has 0 radical (unpaired) electrons. The van der Waals surface area contributed by atoms with Gasteiger partial charge in [0.15, 0.2) is 17.5 Å². The second kappa shape index (κ2) is 19.0. The van der Waals surface area contributed by atoms with E-state index in [-0.39, 0.29) is 85.4 Å². The lowest BCUT2D eigenvalue weighted by Gasteiger charge is -2.18. The summed E-state index contributed by atoms with van der Waals surface area (Å²) in [6, 6.07) is 29.4. The van der Waals surface area contributed by atoms with E-state index in [0.717, 1.165) is 30.3 Å².